The van der Waals surface area contributed by atoms with Crippen LogP contribution in [0.15, 0.2) is 48.5 Å². The van der Waals surface area contributed by atoms with Crippen molar-refractivity contribution in [3.63, 3.8) is 0 Å². The van der Waals surface area contributed by atoms with Crippen LogP contribution < -0.4 is 0 Å². The maximum absolute atomic E-state index is 12.9. The number of nitrogens with zero attached hydrogens (tertiary/aromatic N) is 3. The third-order valence-corrected chi connectivity index (χ3v) is 3.92. The summed E-state index contributed by atoms with van der Waals surface area (Å²) in [5.41, 5.74) is 1.92. The van der Waals surface area contributed by atoms with Gasteiger partial charge in [-0.25, -0.2) is 0 Å². The first-order chi connectivity index (χ1) is 11.1. The lowest BCUT2D eigenvalue weighted by atomic mass is 10.0. The second kappa shape index (κ2) is 6.34. The zero-order chi connectivity index (χ0) is 16.4. The average molecular weight is 326 g/mol. The van der Waals surface area contributed by atoms with Crippen molar-refractivity contribution < 1.29 is 4.79 Å². The smallest absolute Gasteiger partial charge is 0.195 e. The largest absolute Gasteiger partial charge is 0.289 e. The Hall–Kier alpha value is -2.46. The van der Waals surface area contributed by atoms with Crippen LogP contribution in [0.2, 0.25) is 5.02 Å². The highest BCUT2D eigenvalue weighted by atomic mass is 35.5. The van der Waals surface area contributed by atoms with Crippen LogP contribution in [0.4, 0.5) is 0 Å². The second-order valence-corrected chi connectivity index (χ2v) is 5.65. The predicted octanol–water partition coefficient (Wildman–Crippen LogP) is 4.02. The average Bonchev–Trinajstić information content (AvgIpc) is 2.95. The van der Waals surface area contributed by atoms with Gasteiger partial charge in [-0.15, -0.1) is 10.2 Å². The van der Waals surface area contributed by atoms with E-state index in [0.717, 1.165) is 23.8 Å². The number of aryl methyl sites for hydroxylation is 2. The molecule has 4 nitrogen and oxygen atoms in total. The Labute approximate surface area is 139 Å². The summed E-state index contributed by atoms with van der Waals surface area (Å²) in [5, 5.41) is 8.83. The van der Waals surface area contributed by atoms with Crippen LogP contribution in [0.5, 0.6) is 0 Å². The van der Waals surface area contributed by atoms with Crippen LogP contribution in [-0.4, -0.2) is 20.5 Å². The molecule has 3 rings (SSSR count). The van der Waals surface area contributed by atoms with E-state index in [2.05, 4.69) is 10.2 Å². The van der Waals surface area contributed by atoms with Crippen LogP contribution >= 0.6 is 11.6 Å². The third-order valence-electron chi connectivity index (χ3n) is 3.69. The van der Waals surface area contributed by atoms with Gasteiger partial charge >= 0.3 is 0 Å². The van der Waals surface area contributed by atoms with Gasteiger partial charge in [0, 0.05) is 22.6 Å². The van der Waals surface area contributed by atoms with Gasteiger partial charge in [0.2, 0.25) is 0 Å². The van der Waals surface area contributed by atoms with E-state index in [1.54, 1.807) is 24.3 Å². The number of hydrogen-bond acceptors (Lipinski definition) is 3. The van der Waals surface area contributed by atoms with Crippen molar-refractivity contribution in [3.8, 4) is 5.69 Å². The molecule has 0 fully saturated rings. The van der Waals surface area contributed by atoms with Gasteiger partial charge in [-0.05, 0) is 25.1 Å². The second-order valence-electron chi connectivity index (χ2n) is 5.21. The summed E-state index contributed by atoms with van der Waals surface area (Å²) >= 11 is 6.13. The molecular formula is C18H16ClN3O. The fraction of sp³-hybridized carbons (Fsp3) is 0.167. The molecule has 116 valence electrons. The van der Waals surface area contributed by atoms with Gasteiger partial charge in [0.05, 0.1) is 5.69 Å². The highest BCUT2D eigenvalue weighted by molar-refractivity contribution is 6.31. The van der Waals surface area contributed by atoms with Gasteiger partial charge in [0.15, 0.2) is 5.78 Å². The monoisotopic (exact) mass is 325 g/mol. The number of halogens is 1. The highest BCUT2D eigenvalue weighted by Gasteiger charge is 2.19. The summed E-state index contributed by atoms with van der Waals surface area (Å²) in [6.45, 7) is 3.88. The van der Waals surface area contributed by atoms with Gasteiger partial charge in [0.25, 0.3) is 0 Å². The van der Waals surface area contributed by atoms with Crippen LogP contribution in [0, 0.1) is 6.92 Å². The summed E-state index contributed by atoms with van der Waals surface area (Å²) in [6.07, 6.45) is 0.725. The Bertz CT molecular complexity index is 856. The van der Waals surface area contributed by atoms with E-state index in [9.17, 15) is 4.79 Å². The maximum Gasteiger partial charge on any atom is 0.195 e. The standard InChI is InChI=1S/C18H16ClN3O/c1-3-17-21-20-12(2)22(17)16-10-9-14(19)11-15(16)18(23)13-7-5-4-6-8-13/h4-11H,3H2,1-2H3. The molecular weight excluding hydrogens is 310 g/mol. The fourth-order valence-corrected chi connectivity index (χ4v) is 2.75. The zero-order valence-electron chi connectivity index (χ0n) is 13.0. The van der Waals surface area contributed by atoms with Gasteiger partial charge < -0.3 is 0 Å². The Balaban J connectivity index is 2.20. The minimum atomic E-state index is -0.0711. The van der Waals surface area contributed by atoms with Crippen LogP contribution in [-0.2, 0) is 6.42 Å². The van der Waals surface area contributed by atoms with E-state index in [-0.39, 0.29) is 5.78 Å². The number of aromatic nitrogens is 3. The summed E-state index contributed by atoms with van der Waals surface area (Å²) in [6, 6.07) is 14.5. The molecule has 2 aromatic carbocycles. The molecule has 1 aromatic heterocycles. The van der Waals surface area contributed by atoms with Crippen molar-refractivity contribution in [2.45, 2.75) is 20.3 Å². The van der Waals surface area contributed by atoms with Crippen LogP contribution in [0.25, 0.3) is 5.69 Å². The molecule has 0 bridgehead atoms. The molecule has 0 saturated heterocycles. The Morgan fingerprint density at radius 3 is 2.57 bits per heavy atom. The molecule has 1 heterocycles. The first-order valence-electron chi connectivity index (χ1n) is 7.42. The third kappa shape index (κ3) is 2.90. The van der Waals surface area contributed by atoms with Crippen molar-refractivity contribution in [2.75, 3.05) is 0 Å². The SMILES string of the molecule is CCc1nnc(C)n1-c1ccc(Cl)cc1C(=O)c1ccccc1. The Morgan fingerprint density at radius 1 is 1.13 bits per heavy atom. The molecule has 3 aromatic rings. The van der Waals surface area contributed by atoms with E-state index in [1.165, 1.54) is 0 Å². The summed E-state index contributed by atoms with van der Waals surface area (Å²) in [5.74, 6) is 1.48. The van der Waals surface area contributed by atoms with Crippen molar-refractivity contribution in [1.29, 1.82) is 0 Å². The minimum absolute atomic E-state index is 0.0711. The van der Waals surface area contributed by atoms with Crippen molar-refractivity contribution >= 4 is 17.4 Å². The van der Waals surface area contributed by atoms with Crippen LogP contribution in [0.3, 0.4) is 0 Å². The van der Waals surface area contributed by atoms with E-state index < -0.39 is 0 Å². The van der Waals surface area contributed by atoms with E-state index in [4.69, 9.17) is 11.6 Å². The van der Waals surface area contributed by atoms with Gasteiger partial charge in [-0.2, -0.15) is 0 Å². The lowest BCUT2D eigenvalue weighted by Gasteiger charge is -2.13. The number of carbonyl (C=O) groups excluding carboxylic acids is 1. The molecule has 0 radical (unpaired) electrons. The fourth-order valence-electron chi connectivity index (χ4n) is 2.58. The Morgan fingerprint density at radius 2 is 1.87 bits per heavy atom. The normalized spacial score (nSPS) is 10.7. The van der Waals surface area contributed by atoms with Gasteiger partial charge in [-0.1, -0.05) is 48.9 Å². The first-order valence-corrected chi connectivity index (χ1v) is 7.80. The topological polar surface area (TPSA) is 47.8 Å². The zero-order valence-corrected chi connectivity index (χ0v) is 13.7. The maximum atomic E-state index is 12.9. The lowest BCUT2D eigenvalue weighted by Crippen LogP contribution is -2.10. The van der Waals surface area contributed by atoms with Crippen molar-refractivity contribution in [3.05, 3.63) is 76.3 Å². The Kier molecular flexibility index (Phi) is 4.26. The van der Waals surface area contributed by atoms with E-state index in [1.807, 2.05) is 42.7 Å². The molecule has 0 atom stereocenters. The minimum Gasteiger partial charge on any atom is -0.289 e. The number of benzene rings is 2. The summed E-state index contributed by atoms with van der Waals surface area (Å²) in [4.78, 5) is 12.9. The number of ketones is 1. The van der Waals surface area contributed by atoms with Crippen molar-refractivity contribution in [2.24, 2.45) is 0 Å². The molecule has 0 spiro atoms. The van der Waals surface area contributed by atoms with Gasteiger partial charge in [0.1, 0.15) is 11.6 Å². The molecule has 0 saturated carbocycles. The highest BCUT2D eigenvalue weighted by Crippen LogP contribution is 2.24. The van der Waals surface area contributed by atoms with E-state index in [0.29, 0.717) is 16.1 Å². The quantitative estimate of drug-likeness (QED) is 0.681. The molecule has 5 heteroatoms. The first kappa shape index (κ1) is 15.4. The molecule has 23 heavy (non-hydrogen) atoms. The molecule has 0 aliphatic heterocycles. The molecule has 0 amide bonds. The molecule has 0 N–H and O–H groups in total. The molecule has 0 unspecified atom stereocenters. The molecule has 0 aliphatic rings. The number of rotatable bonds is 4. The van der Waals surface area contributed by atoms with Crippen LogP contribution in [0.1, 0.15) is 34.5 Å². The van der Waals surface area contributed by atoms with E-state index >= 15 is 0 Å². The predicted molar refractivity (Wildman–Crippen MR) is 90.4 cm³/mol. The number of hydrogen-bond donors (Lipinski definition) is 0. The lowest BCUT2D eigenvalue weighted by molar-refractivity contribution is 0.103. The van der Waals surface area contributed by atoms with Crippen molar-refractivity contribution in [1.82, 2.24) is 14.8 Å². The van der Waals surface area contributed by atoms with Gasteiger partial charge in [-0.3, -0.25) is 9.36 Å². The summed E-state index contributed by atoms with van der Waals surface area (Å²) in [7, 11) is 0. The molecule has 0 aliphatic carbocycles. The summed E-state index contributed by atoms with van der Waals surface area (Å²) < 4.78 is 1.91. The number of carbonyl (C=O) groups is 1.